The van der Waals surface area contributed by atoms with Gasteiger partial charge in [0.1, 0.15) is 5.76 Å². The molecule has 0 aliphatic heterocycles. The molecule has 1 aromatic heterocycles. The van der Waals surface area contributed by atoms with Crippen LogP contribution in [0.15, 0.2) is 47.1 Å². The number of rotatable bonds is 5. The van der Waals surface area contributed by atoms with E-state index in [-0.39, 0.29) is 11.4 Å². The Balaban J connectivity index is 1.91. The van der Waals surface area contributed by atoms with Crippen LogP contribution in [0.25, 0.3) is 0 Å². The van der Waals surface area contributed by atoms with Gasteiger partial charge in [0.2, 0.25) is 5.91 Å². The van der Waals surface area contributed by atoms with Gasteiger partial charge in [-0.1, -0.05) is 12.1 Å². The van der Waals surface area contributed by atoms with Crippen LogP contribution < -0.4 is 5.32 Å². The summed E-state index contributed by atoms with van der Waals surface area (Å²) in [5.41, 5.74) is -1.08. The second-order valence-electron chi connectivity index (χ2n) is 4.16. The van der Waals surface area contributed by atoms with E-state index in [1.165, 1.54) is 36.2 Å². The summed E-state index contributed by atoms with van der Waals surface area (Å²) < 4.78 is 43.4. The number of para-hydroxylation sites is 1. The Hall–Kier alpha value is -1.89. The SMILES string of the molecule is O=C(CSCc1ccco1)Nc1ccccc1C(F)(F)F. The first-order valence-electron chi connectivity index (χ1n) is 6.03. The Morgan fingerprint density at radius 2 is 1.95 bits per heavy atom. The molecule has 0 atom stereocenters. The lowest BCUT2D eigenvalue weighted by Gasteiger charge is -2.13. The average Bonchev–Trinajstić information content (AvgIpc) is 2.91. The summed E-state index contributed by atoms with van der Waals surface area (Å²) >= 11 is 1.26. The van der Waals surface area contributed by atoms with E-state index in [0.29, 0.717) is 11.5 Å². The highest BCUT2D eigenvalue weighted by molar-refractivity contribution is 7.99. The van der Waals surface area contributed by atoms with Gasteiger partial charge >= 0.3 is 6.18 Å². The molecule has 0 spiro atoms. The molecule has 3 nitrogen and oxygen atoms in total. The molecule has 0 radical (unpaired) electrons. The largest absolute Gasteiger partial charge is 0.468 e. The van der Waals surface area contributed by atoms with Gasteiger partial charge in [0, 0.05) is 0 Å². The van der Waals surface area contributed by atoms with E-state index < -0.39 is 17.6 Å². The maximum Gasteiger partial charge on any atom is 0.418 e. The minimum atomic E-state index is -4.49. The highest BCUT2D eigenvalue weighted by atomic mass is 32.2. The lowest BCUT2D eigenvalue weighted by molar-refractivity contribution is -0.137. The number of amides is 1. The molecule has 1 aromatic carbocycles. The van der Waals surface area contributed by atoms with Gasteiger partial charge in [-0.05, 0) is 24.3 Å². The van der Waals surface area contributed by atoms with Crippen LogP contribution >= 0.6 is 11.8 Å². The molecule has 0 unspecified atom stereocenters. The highest BCUT2D eigenvalue weighted by Crippen LogP contribution is 2.34. The predicted octanol–water partition coefficient (Wildman–Crippen LogP) is 4.17. The van der Waals surface area contributed by atoms with Gasteiger partial charge in [0.15, 0.2) is 0 Å². The maximum absolute atomic E-state index is 12.8. The van der Waals surface area contributed by atoms with Crippen LogP contribution in [0.1, 0.15) is 11.3 Å². The fourth-order valence-corrected chi connectivity index (χ4v) is 2.39. The molecular weight excluding hydrogens is 303 g/mol. The van der Waals surface area contributed by atoms with Gasteiger partial charge in [0.25, 0.3) is 0 Å². The smallest absolute Gasteiger partial charge is 0.418 e. The summed E-state index contributed by atoms with van der Waals surface area (Å²) in [6.45, 7) is 0. The van der Waals surface area contributed by atoms with Gasteiger partial charge < -0.3 is 9.73 Å². The molecule has 0 saturated carbocycles. The minimum absolute atomic E-state index is 0.0485. The minimum Gasteiger partial charge on any atom is -0.468 e. The second kappa shape index (κ2) is 6.71. The molecule has 0 fully saturated rings. The summed E-state index contributed by atoms with van der Waals surface area (Å²) in [7, 11) is 0. The fourth-order valence-electron chi connectivity index (χ4n) is 1.66. The zero-order chi connectivity index (χ0) is 15.3. The zero-order valence-corrected chi connectivity index (χ0v) is 11.6. The monoisotopic (exact) mass is 315 g/mol. The maximum atomic E-state index is 12.8. The van der Waals surface area contributed by atoms with Crippen molar-refractivity contribution in [3.8, 4) is 0 Å². The molecule has 7 heteroatoms. The third-order valence-corrected chi connectivity index (χ3v) is 3.52. The third kappa shape index (κ3) is 4.56. The van der Waals surface area contributed by atoms with Crippen molar-refractivity contribution in [2.45, 2.75) is 11.9 Å². The lowest BCUT2D eigenvalue weighted by atomic mass is 10.1. The van der Waals surface area contributed by atoms with E-state index in [4.69, 9.17) is 4.42 Å². The molecule has 112 valence electrons. The van der Waals surface area contributed by atoms with Crippen LogP contribution in [0, 0.1) is 0 Å². The third-order valence-electron chi connectivity index (χ3n) is 2.56. The molecular formula is C14H12F3NO2S. The number of hydrogen-bond donors (Lipinski definition) is 1. The van der Waals surface area contributed by atoms with E-state index in [1.54, 1.807) is 12.1 Å². The Morgan fingerprint density at radius 1 is 1.19 bits per heavy atom. The number of anilines is 1. The number of thioether (sulfide) groups is 1. The zero-order valence-electron chi connectivity index (χ0n) is 10.8. The lowest BCUT2D eigenvalue weighted by Crippen LogP contribution is -2.18. The van der Waals surface area contributed by atoms with Gasteiger partial charge in [0.05, 0.1) is 29.0 Å². The van der Waals surface area contributed by atoms with Crippen LogP contribution in [-0.2, 0) is 16.7 Å². The summed E-state index contributed by atoms with van der Waals surface area (Å²) in [5.74, 6) is 0.764. The predicted molar refractivity (Wildman–Crippen MR) is 74.9 cm³/mol. The molecule has 0 aliphatic rings. The molecule has 0 aliphatic carbocycles. The molecule has 0 saturated heterocycles. The summed E-state index contributed by atoms with van der Waals surface area (Å²) in [6.07, 6.45) is -2.97. The van der Waals surface area contributed by atoms with Crippen molar-refractivity contribution in [3.05, 3.63) is 54.0 Å². The van der Waals surface area contributed by atoms with Crippen LogP contribution in [0.2, 0.25) is 0 Å². The number of furan rings is 1. The first kappa shape index (κ1) is 15.5. The Labute approximate surface area is 123 Å². The van der Waals surface area contributed by atoms with Crippen LogP contribution in [0.5, 0.6) is 0 Å². The number of benzene rings is 1. The van der Waals surface area contributed by atoms with Crippen molar-refractivity contribution in [3.63, 3.8) is 0 Å². The standard InChI is InChI=1S/C14H12F3NO2S/c15-14(16,17)11-5-1-2-6-12(11)18-13(19)9-21-8-10-4-3-7-20-10/h1-7H,8-9H2,(H,18,19). The Bertz CT molecular complexity index is 597. The highest BCUT2D eigenvalue weighted by Gasteiger charge is 2.33. The number of carbonyl (C=O) groups excluding carboxylic acids is 1. The topological polar surface area (TPSA) is 42.2 Å². The average molecular weight is 315 g/mol. The van der Waals surface area contributed by atoms with Crippen LogP contribution in [0.4, 0.5) is 18.9 Å². The van der Waals surface area contributed by atoms with E-state index in [0.717, 1.165) is 6.07 Å². The van der Waals surface area contributed by atoms with Crippen molar-refractivity contribution in [1.82, 2.24) is 0 Å². The molecule has 1 heterocycles. The Kier molecular flexibility index (Phi) is 4.95. The molecule has 1 N–H and O–H groups in total. The second-order valence-corrected chi connectivity index (χ2v) is 5.15. The van der Waals surface area contributed by atoms with Crippen molar-refractivity contribution in [1.29, 1.82) is 0 Å². The van der Waals surface area contributed by atoms with E-state index in [2.05, 4.69) is 5.32 Å². The molecule has 0 bridgehead atoms. The summed E-state index contributed by atoms with van der Waals surface area (Å²) in [5, 5.41) is 2.29. The number of alkyl halides is 3. The van der Waals surface area contributed by atoms with Crippen LogP contribution in [-0.4, -0.2) is 11.7 Å². The van der Waals surface area contributed by atoms with Crippen molar-refractivity contribution in [2.75, 3.05) is 11.1 Å². The van der Waals surface area contributed by atoms with Gasteiger partial charge in [-0.2, -0.15) is 13.2 Å². The summed E-state index contributed by atoms with van der Waals surface area (Å²) in [6, 6.07) is 8.40. The quantitative estimate of drug-likeness (QED) is 0.900. The molecule has 2 aromatic rings. The molecule has 21 heavy (non-hydrogen) atoms. The van der Waals surface area contributed by atoms with Crippen molar-refractivity contribution in [2.24, 2.45) is 0 Å². The number of nitrogens with one attached hydrogen (secondary N) is 1. The number of carbonyl (C=O) groups is 1. The fraction of sp³-hybridized carbons (Fsp3) is 0.214. The van der Waals surface area contributed by atoms with Gasteiger partial charge in [-0.3, -0.25) is 4.79 Å². The van der Waals surface area contributed by atoms with E-state index in [9.17, 15) is 18.0 Å². The Morgan fingerprint density at radius 3 is 2.62 bits per heavy atom. The van der Waals surface area contributed by atoms with E-state index >= 15 is 0 Å². The van der Waals surface area contributed by atoms with Crippen LogP contribution in [0.3, 0.4) is 0 Å². The molecule has 1 amide bonds. The number of halogens is 3. The first-order chi connectivity index (χ1) is 9.97. The van der Waals surface area contributed by atoms with Crippen molar-refractivity contribution < 1.29 is 22.4 Å². The summed E-state index contributed by atoms with van der Waals surface area (Å²) in [4.78, 5) is 11.7. The first-order valence-corrected chi connectivity index (χ1v) is 7.18. The number of hydrogen-bond acceptors (Lipinski definition) is 3. The molecule has 2 rings (SSSR count). The van der Waals surface area contributed by atoms with E-state index in [1.807, 2.05) is 0 Å². The van der Waals surface area contributed by atoms with Gasteiger partial charge in [-0.15, -0.1) is 11.8 Å². The van der Waals surface area contributed by atoms with Gasteiger partial charge in [-0.25, -0.2) is 0 Å². The normalized spacial score (nSPS) is 11.4. The van der Waals surface area contributed by atoms with Crippen molar-refractivity contribution >= 4 is 23.4 Å².